The molecule has 0 spiro atoms. The maximum Gasteiger partial charge on any atom is 0.328 e. The van der Waals surface area contributed by atoms with Gasteiger partial charge in [-0.15, -0.1) is 0 Å². The maximum atomic E-state index is 14.3. The van der Waals surface area contributed by atoms with Gasteiger partial charge in [-0.2, -0.15) is 0 Å². The van der Waals surface area contributed by atoms with Crippen molar-refractivity contribution in [2.75, 3.05) is 32.8 Å². The molecule has 0 saturated carbocycles. The minimum absolute atomic E-state index is 0.00218. The minimum Gasteiger partial charge on any atom is -0.480 e. The van der Waals surface area contributed by atoms with E-state index in [0.29, 0.717) is 0 Å². The molecule has 0 bridgehead atoms. The van der Waals surface area contributed by atoms with Gasteiger partial charge in [0.05, 0.1) is 31.7 Å². The van der Waals surface area contributed by atoms with Crippen LogP contribution < -0.4 is 99.5 Å². The van der Waals surface area contributed by atoms with E-state index in [1.807, 2.05) is 0 Å². The number of nitrogens with one attached hydrogen (secondary N) is 10. The number of aliphatic hydroxyl groups is 3. The highest BCUT2D eigenvalue weighted by Gasteiger charge is 2.37. The van der Waals surface area contributed by atoms with Crippen molar-refractivity contribution in [2.24, 2.45) is 72.5 Å². The monoisotopic (exact) mass is 1250 g/mol. The second-order valence-electron chi connectivity index (χ2n) is 20.3. The van der Waals surface area contributed by atoms with Gasteiger partial charge in [-0.05, 0) is 64.2 Å². The van der Waals surface area contributed by atoms with E-state index in [2.05, 4.69) is 72.8 Å². The lowest BCUT2D eigenvalue weighted by Crippen LogP contribution is -2.62. The average molecular weight is 1250 g/mol. The van der Waals surface area contributed by atoms with Crippen LogP contribution >= 0.6 is 0 Å². The summed E-state index contributed by atoms with van der Waals surface area (Å²) in [6, 6.07) is -16.3. The number of hydrogen-bond donors (Lipinski definition) is 23. The third-order valence-electron chi connectivity index (χ3n) is 12.6. The van der Waals surface area contributed by atoms with Crippen LogP contribution in [0.4, 0.5) is 0 Å². The molecule has 0 aliphatic heterocycles. The van der Waals surface area contributed by atoms with Crippen molar-refractivity contribution in [3.8, 4) is 0 Å². The number of hydrogen-bond acceptors (Lipinski definition) is 20. The molecule has 0 fully saturated rings. The van der Waals surface area contributed by atoms with Gasteiger partial charge < -0.3 is 125 Å². The average Bonchev–Trinajstić information content (AvgIpc) is 4.11. The first-order valence-electron chi connectivity index (χ1n) is 27.6. The van der Waals surface area contributed by atoms with Crippen LogP contribution in [0.1, 0.15) is 90.7 Å². The van der Waals surface area contributed by atoms with Gasteiger partial charge in [-0.1, -0.05) is 13.8 Å². The number of rotatable bonds is 43. The SMILES string of the molecule is CC(C)[C@H](NC(=O)[C@H](CCCN=C(N)N)NC(=O)[C@@H](NC(=O)[C@H](CCC(N)=O)NC(=O)[C@@H](N)CCCN=C(N)N)[C@@H](C)O)C(=O)N[C@@H](CCC(N)=O)C(=O)N[C@@H](CCCN=C(N)N)C(=O)N[C@@H](CO)C(=O)N[C@@H](Cc1cnc[nH]1)C(=O)N[C@@H](CO)C(=O)O. The van der Waals surface area contributed by atoms with Gasteiger partial charge >= 0.3 is 5.97 Å². The Bertz CT molecular complexity index is 2590. The summed E-state index contributed by atoms with van der Waals surface area (Å²) in [5.41, 5.74) is 49.5. The van der Waals surface area contributed by atoms with Crippen LogP contribution in [0.15, 0.2) is 27.5 Å². The van der Waals surface area contributed by atoms with Crippen LogP contribution in [0.5, 0.6) is 0 Å². The number of primary amides is 2. The van der Waals surface area contributed by atoms with Crippen LogP contribution in [0.2, 0.25) is 0 Å². The first-order chi connectivity index (χ1) is 41.3. The summed E-state index contributed by atoms with van der Waals surface area (Å²) >= 11 is 0. The number of carbonyl (C=O) groups is 12. The number of aliphatic hydroxyl groups excluding tert-OH is 3. The molecule has 1 aromatic heterocycles. The smallest absolute Gasteiger partial charge is 0.328 e. The van der Waals surface area contributed by atoms with E-state index in [1.165, 1.54) is 26.4 Å². The van der Waals surface area contributed by atoms with E-state index in [0.717, 1.165) is 6.92 Å². The third kappa shape index (κ3) is 30.0. The summed E-state index contributed by atoms with van der Waals surface area (Å²) in [7, 11) is 0. The lowest BCUT2D eigenvalue weighted by molar-refractivity contribution is -0.143. The highest BCUT2D eigenvalue weighted by Crippen LogP contribution is 2.11. The van der Waals surface area contributed by atoms with Crippen LogP contribution in [-0.4, -0.2) is 219 Å². The Kier molecular flexibility index (Phi) is 34.8. The normalized spacial score (nSPS) is 14.7. The van der Waals surface area contributed by atoms with Crippen molar-refractivity contribution < 1.29 is 78.0 Å². The molecule has 0 aromatic carbocycles. The van der Waals surface area contributed by atoms with E-state index in [9.17, 15) is 78.0 Å². The van der Waals surface area contributed by atoms with Gasteiger partial charge in [0.1, 0.15) is 54.4 Å². The zero-order valence-electron chi connectivity index (χ0n) is 49.1. The van der Waals surface area contributed by atoms with Gasteiger partial charge in [-0.25, -0.2) is 9.78 Å². The van der Waals surface area contributed by atoms with Crippen molar-refractivity contribution in [1.82, 2.24) is 57.8 Å². The van der Waals surface area contributed by atoms with Crippen molar-refractivity contribution in [3.05, 3.63) is 18.2 Å². The summed E-state index contributed by atoms with van der Waals surface area (Å²) < 4.78 is 0. The lowest BCUT2D eigenvalue weighted by atomic mass is 10.0. The number of nitrogens with zero attached hydrogens (tertiary/aromatic N) is 4. The van der Waals surface area contributed by atoms with Gasteiger partial charge in [0.15, 0.2) is 17.9 Å². The van der Waals surface area contributed by atoms with Crippen LogP contribution in [0.3, 0.4) is 0 Å². The van der Waals surface area contributed by atoms with Crippen LogP contribution in [0.25, 0.3) is 0 Å². The van der Waals surface area contributed by atoms with Gasteiger partial charge in [-0.3, -0.25) is 67.7 Å². The third-order valence-corrected chi connectivity index (χ3v) is 12.6. The Morgan fingerprint density at radius 2 is 0.830 bits per heavy atom. The molecule has 1 heterocycles. The molecule has 0 aliphatic rings. The Balaban J connectivity index is 3.59. The quantitative estimate of drug-likeness (QED) is 0.0164. The number of nitrogens with two attached hydrogens (primary N) is 9. The molecule has 88 heavy (non-hydrogen) atoms. The summed E-state index contributed by atoms with van der Waals surface area (Å²) in [6.45, 7) is 1.89. The molecule has 11 atom stereocenters. The molecule has 1 aromatic rings. The number of aliphatic carboxylic acids is 1. The fraction of sp³-hybridized carbons (Fsp3) is 0.633. The Morgan fingerprint density at radius 1 is 0.477 bits per heavy atom. The molecule has 32 N–H and O–H groups in total. The number of carbonyl (C=O) groups excluding carboxylic acids is 11. The van der Waals surface area contributed by atoms with E-state index >= 15 is 0 Å². The molecular formula is C49H87N23O16. The number of aromatic amines is 1. The summed E-state index contributed by atoms with van der Waals surface area (Å²) in [4.78, 5) is 178. The standard InChI is InChI=1S/C49H87N23O16/c1-22(2)35(71-40(81)27(9-6-16-62-49(57)58)66-45(86)36(23(3)75)72-41(82)29(11-13-34(52)77)64-37(78)25(50)7-4-14-60-47(53)54)44(85)67-28(10-12-33(51)76)39(80)65-26(8-5-15-61-48(55)56)38(79)69-31(19-73)43(84)68-30(17-24-18-59-21-63-24)42(83)70-32(20-74)46(87)88/h18,21-23,25-32,35-36,73-75H,4-17,19-20,50H2,1-3H3,(H2,51,76)(H2,52,77)(H,59,63)(H,64,78)(H,65,80)(H,66,86)(H,67,85)(H,68,84)(H,69,79)(H,70,83)(H,71,81)(H,72,82)(H,87,88)(H4,53,54,60)(H4,55,56,61)(H4,57,58,62)/t23-,25+,26+,27+,28+,29+,30+,31+,32+,35+,36+/m1/s1. The molecule has 39 nitrogen and oxygen atoms in total. The van der Waals surface area contributed by atoms with E-state index < -0.39 is 176 Å². The van der Waals surface area contributed by atoms with Gasteiger partial charge in [0.25, 0.3) is 0 Å². The zero-order valence-corrected chi connectivity index (χ0v) is 49.1. The largest absolute Gasteiger partial charge is 0.480 e. The van der Waals surface area contributed by atoms with Crippen molar-refractivity contribution in [2.45, 2.75) is 158 Å². The molecule has 494 valence electrons. The minimum atomic E-state index is -1.86. The molecule has 0 unspecified atom stereocenters. The van der Waals surface area contributed by atoms with Crippen molar-refractivity contribution >= 4 is 88.8 Å². The molecule has 0 radical (unpaired) electrons. The van der Waals surface area contributed by atoms with Gasteiger partial charge in [0, 0.05) is 50.8 Å². The molecular weight excluding hydrogens is 1170 g/mol. The Morgan fingerprint density at radius 3 is 1.23 bits per heavy atom. The second kappa shape index (κ2) is 40.0. The van der Waals surface area contributed by atoms with Gasteiger partial charge in [0.2, 0.25) is 65.0 Å². The fourth-order valence-electron chi connectivity index (χ4n) is 7.85. The van der Waals surface area contributed by atoms with Crippen LogP contribution in [-0.2, 0) is 64.0 Å². The molecule has 0 saturated heterocycles. The highest BCUT2D eigenvalue weighted by atomic mass is 16.4. The number of carboxylic acids is 1. The number of amides is 11. The maximum absolute atomic E-state index is 14.3. The van der Waals surface area contributed by atoms with E-state index in [4.69, 9.17) is 51.6 Å². The van der Waals surface area contributed by atoms with E-state index in [-0.39, 0.29) is 94.6 Å². The topological polar surface area (TPSA) is 694 Å². The predicted molar refractivity (Wildman–Crippen MR) is 313 cm³/mol. The number of H-pyrrole nitrogens is 1. The zero-order chi connectivity index (χ0) is 66.8. The number of imidazole rings is 1. The molecule has 1 rings (SSSR count). The number of guanidine groups is 3. The highest BCUT2D eigenvalue weighted by molar-refractivity contribution is 5.99. The number of aromatic nitrogens is 2. The Labute approximate surface area is 504 Å². The first kappa shape index (κ1) is 76.5. The van der Waals surface area contributed by atoms with E-state index in [1.54, 1.807) is 0 Å². The Hall–Kier alpha value is -9.50. The fourth-order valence-corrected chi connectivity index (χ4v) is 7.85. The predicted octanol–water partition coefficient (Wildman–Crippen LogP) is -11.6. The number of carboxylic acid groups (broad SMARTS) is 1. The summed E-state index contributed by atoms with van der Waals surface area (Å²) in [5, 5.41) is 61.1. The summed E-state index contributed by atoms with van der Waals surface area (Å²) in [5.74, 6) is -14.8. The molecule has 39 heteroatoms. The molecule has 0 aliphatic carbocycles. The second-order valence-corrected chi connectivity index (χ2v) is 20.3. The number of aliphatic imine (C=N–C) groups is 3. The summed E-state index contributed by atoms with van der Waals surface area (Å²) in [6.07, 6.45) is -1.60. The van der Waals surface area contributed by atoms with Crippen molar-refractivity contribution in [3.63, 3.8) is 0 Å². The van der Waals surface area contributed by atoms with Crippen molar-refractivity contribution in [1.29, 1.82) is 0 Å². The molecule has 11 amide bonds. The first-order valence-corrected chi connectivity index (χ1v) is 27.6. The lowest BCUT2D eigenvalue weighted by Gasteiger charge is -2.29. The van der Waals surface area contributed by atoms with Crippen LogP contribution in [0, 0.1) is 5.92 Å².